The van der Waals surface area contributed by atoms with E-state index in [-0.39, 0.29) is 24.7 Å². The zero-order valence-electron chi connectivity index (χ0n) is 11.3. The number of benzene rings is 1. The number of aliphatic hydroxyl groups is 2. The Morgan fingerprint density at radius 3 is 2.90 bits per heavy atom. The second-order valence-corrected chi connectivity index (χ2v) is 6.67. The van der Waals surface area contributed by atoms with Gasteiger partial charge in [-0.1, -0.05) is 12.1 Å². The molecule has 1 saturated heterocycles. The molecule has 2 N–H and O–H groups in total. The van der Waals surface area contributed by atoms with Crippen molar-refractivity contribution < 1.29 is 23.4 Å². The Morgan fingerprint density at radius 2 is 2.25 bits per heavy atom. The number of rotatable bonds is 4. The lowest BCUT2D eigenvalue weighted by Gasteiger charge is -2.33. The van der Waals surface area contributed by atoms with Gasteiger partial charge >= 0.3 is 0 Å². The van der Waals surface area contributed by atoms with Crippen LogP contribution in [0.1, 0.15) is 18.6 Å². The number of sulfonamides is 1. The molecule has 1 aliphatic heterocycles. The summed E-state index contributed by atoms with van der Waals surface area (Å²) in [4.78, 5) is 0.122. The van der Waals surface area contributed by atoms with Crippen molar-refractivity contribution >= 4 is 10.0 Å². The molecule has 0 amide bonds. The van der Waals surface area contributed by atoms with Crippen molar-refractivity contribution in [2.45, 2.75) is 24.0 Å². The molecule has 112 valence electrons. The third-order valence-corrected chi connectivity index (χ3v) is 5.28. The van der Waals surface area contributed by atoms with Gasteiger partial charge in [0.15, 0.2) is 0 Å². The fourth-order valence-electron chi connectivity index (χ4n) is 2.17. The molecule has 6 nitrogen and oxygen atoms in total. The predicted molar refractivity (Wildman–Crippen MR) is 72.7 cm³/mol. The molecule has 2 rings (SSSR count). The number of aliphatic hydroxyl groups excluding tert-OH is 2. The summed E-state index contributed by atoms with van der Waals surface area (Å²) >= 11 is 0. The molecule has 0 saturated carbocycles. The zero-order valence-corrected chi connectivity index (χ0v) is 12.1. The molecule has 0 spiro atoms. The summed E-state index contributed by atoms with van der Waals surface area (Å²) in [6, 6.07) is 5.66. The SMILES string of the molecule is CC(O)c1cccc(S(=O)(=O)N2CCOCC2CO)c1. The largest absolute Gasteiger partial charge is 0.395 e. The molecule has 2 atom stereocenters. The zero-order chi connectivity index (χ0) is 14.8. The van der Waals surface area contributed by atoms with E-state index in [2.05, 4.69) is 0 Å². The van der Waals surface area contributed by atoms with Gasteiger partial charge in [0.2, 0.25) is 10.0 Å². The molecule has 20 heavy (non-hydrogen) atoms. The minimum atomic E-state index is -3.70. The topological polar surface area (TPSA) is 87.1 Å². The second kappa shape index (κ2) is 6.19. The Labute approximate surface area is 118 Å². The molecule has 1 fully saturated rings. The Morgan fingerprint density at radius 1 is 1.50 bits per heavy atom. The summed E-state index contributed by atoms with van der Waals surface area (Å²) in [7, 11) is -3.70. The Bertz CT molecular complexity index is 558. The van der Waals surface area contributed by atoms with Gasteiger partial charge in [0.25, 0.3) is 0 Å². The van der Waals surface area contributed by atoms with Gasteiger partial charge in [0.05, 0.1) is 36.9 Å². The van der Waals surface area contributed by atoms with Crippen molar-refractivity contribution in [3.8, 4) is 0 Å². The maximum atomic E-state index is 12.6. The minimum absolute atomic E-state index is 0.122. The van der Waals surface area contributed by atoms with E-state index in [1.807, 2.05) is 0 Å². The molecular formula is C13H19NO5S. The highest BCUT2D eigenvalue weighted by atomic mass is 32.2. The molecule has 0 aromatic heterocycles. The first-order valence-electron chi connectivity index (χ1n) is 6.45. The molecule has 1 aromatic carbocycles. The lowest BCUT2D eigenvalue weighted by atomic mass is 10.1. The van der Waals surface area contributed by atoms with E-state index in [4.69, 9.17) is 4.74 Å². The highest BCUT2D eigenvalue weighted by molar-refractivity contribution is 7.89. The van der Waals surface area contributed by atoms with Crippen LogP contribution >= 0.6 is 0 Å². The number of nitrogens with zero attached hydrogens (tertiary/aromatic N) is 1. The van der Waals surface area contributed by atoms with E-state index in [1.165, 1.54) is 16.4 Å². The van der Waals surface area contributed by atoms with Crippen LogP contribution < -0.4 is 0 Å². The summed E-state index contributed by atoms with van der Waals surface area (Å²) < 4.78 is 31.7. The highest BCUT2D eigenvalue weighted by Gasteiger charge is 2.33. The van der Waals surface area contributed by atoms with E-state index in [1.54, 1.807) is 19.1 Å². The van der Waals surface area contributed by atoms with Gasteiger partial charge in [0, 0.05) is 6.54 Å². The average Bonchev–Trinajstić information content (AvgIpc) is 2.47. The van der Waals surface area contributed by atoms with Gasteiger partial charge in [-0.25, -0.2) is 8.42 Å². The maximum Gasteiger partial charge on any atom is 0.243 e. The minimum Gasteiger partial charge on any atom is -0.395 e. The van der Waals surface area contributed by atoms with Crippen LogP contribution in [0.5, 0.6) is 0 Å². The van der Waals surface area contributed by atoms with Crippen molar-refractivity contribution in [1.82, 2.24) is 4.31 Å². The van der Waals surface area contributed by atoms with Gasteiger partial charge in [-0.2, -0.15) is 4.31 Å². The van der Waals surface area contributed by atoms with E-state index in [0.717, 1.165) is 0 Å². The molecular weight excluding hydrogens is 282 g/mol. The molecule has 0 radical (unpaired) electrons. The third-order valence-electron chi connectivity index (χ3n) is 3.33. The van der Waals surface area contributed by atoms with Gasteiger partial charge in [0.1, 0.15) is 0 Å². The number of ether oxygens (including phenoxy) is 1. The normalized spacial score (nSPS) is 22.6. The number of hydrogen-bond acceptors (Lipinski definition) is 5. The van der Waals surface area contributed by atoms with Crippen molar-refractivity contribution in [1.29, 1.82) is 0 Å². The lowest BCUT2D eigenvalue weighted by Crippen LogP contribution is -2.50. The van der Waals surface area contributed by atoms with Crippen molar-refractivity contribution in [2.75, 3.05) is 26.4 Å². The van der Waals surface area contributed by atoms with Gasteiger partial charge in [-0.15, -0.1) is 0 Å². The first-order chi connectivity index (χ1) is 9.46. The van der Waals surface area contributed by atoms with Crippen LogP contribution in [-0.4, -0.2) is 55.3 Å². The quantitative estimate of drug-likeness (QED) is 0.825. The van der Waals surface area contributed by atoms with E-state index >= 15 is 0 Å². The predicted octanol–water partition coefficient (Wildman–Crippen LogP) is 0.122. The van der Waals surface area contributed by atoms with Crippen molar-refractivity contribution in [2.24, 2.45) is 0 Å². The molecule has 2 unspecified atom stereocenters. The standard InChI is InChI=1S/C13H19NO5S/c1-10(16)11-3-2-4-13(7-11)20(17,18)14-5-6-19-9-12(14)8-15/h2-4,7,10,12,15-16H,5-6,8-9H2,1H3. The van der Waals surface area contributed by atoms with E-state index in [9.17, 15) is 18.6 Å². The smallest absolute Gasteiger partial charge is 0.243 e. The van der Waals surface area contributed by atoms with Gasteiger partial charge < -0.3 is 14.9 Å². The molecule has 0 bridgehead atoms. The summed E-state index contributed by atoms with van der Waals surface area (Å²) in [5.41, 5.74) is 0.542. The molecule has 1 aromatic rings. The van der Waals surface area contributed by atoms with Gasteiger partial charge in [-0.05, 0) is 24.6 Å². The highest BCUT2D eigenvalue weighted by Crippen LogP contribution is 2.23. The fraction of sp³-hybridized carbons (Fsp3) is 0.538. The number of hydrogen-bond donors (Lipinski definition) is 2. The van der Waals surface area contributed by atoms with Crippen LogP contribution in [0.3, 0.4) is 0 Å². The molecule has 1 aliphatic rings. The average molecular weight is 301 g/mol. The summed E-state index contributed by atoms with van der Waals surface area (Å²) in [6.45, 7) is 2.01. The maximum absolute atomic E-state index is 12.6. The Kier molecular flexibility index (Phi) is 4.77. The number of morpholine rings is 1. The molecule has 0 aliphatic carbocycles. The first kappa shape index (κ1) is 15.4. The molecule has 1 heterocycles. The Hall–Kier alpha value is -0.990. The van der Waals surface area contributed by atoms with Crippen LogP contribution in [0, 0.1) is 0 Å². The van der Waals surface area contributed by atoms with Crippen molar-refractivity contribution in [3.63, 3.8) is 0 Å². The van der Waals surface area contributed by atoms with Crippen molar-refractivity contribution in [3.05, 3.63) is 29.8 Å². The summed E-state index contributed by atoms with van der Waals surface area (Å²) in [6.07, 6.45) is -0.733. The van der Waals surface area contributed by atoms with E-state index < -0.39 is 22.2 Å². The van der Waals surface area contributed by atoms with E-state index in [0.29, 0.717) is 12.2 Å². The summed E-state index contributed by atoms with van der Waals surface area (Å²) in [5, 5.41) is 18.8. The van der Waals surface area contributed by atoms with Crippen LogP contribution in [0.15, 0.2) is 29.2 Å². The lowest BCUT2D eigenvalue weighted by molar-refractivity contribution is 0.0109. The van der Waals surface area contributed by atoms with Crippen LogP contribution in [0.2, 0.25) is 0 Å². The van der Waals surface area contributed by atoms with Gasteiger partial charge in [-0.3, -0.25) is 0 Å². The Balaban J connectivity index is 2.36. The fourth-order valence-corrected chi connectivity index (χ4v) is 3.81. The molecule has 7 heteroatoms. The van der Waals surface area contributed by atoms with Crippen LogP contribution in [-0.2, 0) is 14.8 Å². The second-order valence-electron chi connectivity index (χ2n) is 4.78. The summed E-state index contributed by atoms with van der Waals surface area (Å²) in [5.74, 6) is 0. The van der Waals surface area contributed by atoms with Crippen LogP contribution in [0.4, 0.5) is 0 Å². The monoisotopic (exact) mass is 301 g/mol. The van der Waals surface area contributed by atoms with Crippen LogP contribution in [0.25, 0.3) is 0 Å². The third kappa shape index (κ3) is 3.02. The first-order valence-corrected chi connectivity index (χ1v) is 7.89.